The van der Waals surface area contributed by atoms with E-state index in [1.165, 1.54) is 0 Å². The molecule has 10 heteroatoms. The second kappa shape index (κ2) is 6.41. The van der Waals surface area contributed by atoms with Gasteiger partial charge in [-0.3, -0.25) is 4.79 Å². The number of hydrogen-bond donors (Lipinski definition) is 3. The number of nitrogens with one attached hydrogen (secondary N) is 1. The van der Waals surface area contributed by atoms with Crippen LogP contribution in [0.2, 0.25) is 0 Å². The number of hydrogen-bond acceptors (Lipinski definition) is 3. The molecule has 2 aliphatic rings. The van der Waals surface area contributed by atoms with Gasteiger partial charge >= 0.3 is 12.1 Å². The molecule has 1 aliphatic heterocycles. The quantitative estimate of drug-likeness (QED) is 0.562. The Morgan fingerprint density at radius 3 is 2.21 bits per heavy atom. The van der Waals surface area contributed by atoms with Crippen LogP contribution in [-0.4, -0.2) is 39.4 Å². The average molecular weight is 470 g/mol. The first-order valence-electron chi connectivity index (χ1n) is 8.44. The van der Waals surface area contributed by atoms with E-state index in [0.717, 1.165) is 0 Å². The normalized spacial score (nSPS) is 28.8. The molecule has 1 saturated carbocycles. The van der Waals surface area contributed by atoms with Gasteiger partial charge in [0.05, 0.1) is 11.1 Å². The number of aliphatic hydroxyl groups is 2. The predicted octanol–water partition coefficient (Wildman–Crippen LogP) is 4.40. The Labute approximate surface area is 165 Å². The lowest BCUT2D eigenvalue weighted by Crippen LogP contribution is -2.62. The van der Waals surface area contributed by atoms with Gasteiger partial charge in [-0.15, -0.1) is 0 Å². The van der Waals surface area contributed by atoms with E-state index in [1.807, 2.05) is 0 Å². The van der Waals surface area contributed by atoms with Gasteiger partial charge in [0.15, 0.2) is 0 Å². The maximum Gasteiger partial charge on any atom is 0.456 e. The highest BCUT2D eigenvalue weighted by Gasteiger charge is 2.71. The largest absolute Gasteiger partial charge is 0.509 e. The number of alkyl halides is 5. The van der Waals surface area contributed by atoms with E-state index >= 15 is 0 Å². The van der Waals surface area contributed by atoms with Crippen LogP contribution in [0.15, 0.2) is 28.4 Å². The van der Waals surface area contributed by atoms with Crippen molar-refractivity contribution in [3.8, 4) is 0 Å². The number of aliphatic hydroxyl groups excluding tert-OH is 1. The Morgan fingerprint density at radius 2 is 1.68 bits per heavy atom. The predicted molar refractivity (Wildman–Crippen MR) is 93.7 cm³/mol. The molecule has 3 rings (SSSR count). The van der Waals surface area contributed by atoms with Crippen molar-refractivity contribution in [3.63, 3.8) is 0 Å². The summed E-state index contributed by atoms with van der Waals surface area (Å²) < 4.78 is 66.2. The second-order valence-electron chi connectivity index (χ2n) is 7.32. The zero-order valence-electron chi connectivity index (χ0n) is 14.6. The Morgan fingerprint density at radius 1 is 1.11 bits per heavy atom. The molecule has 3 N–H and O–H groups in total. The second-order valence-corrected chi connectivity index (χ2v) is 8.24. The third-order valence-corrected chi connectivity index (χ3v) is 6.10. The van der Waals surface area contributed by atoms with Gasteiger partial charge in [0.2, 0.25) is 0 Å². The molecule has 1 aliphatic carbocycles. The van der Waals surface area contributed by atoms with Gasteiger partial charge in [0.25, 0.3) is 5.91 Å². The van der Waals surface area contributed by atoms with Gasteiger partial charge in [0.1, 0.15) is 11.4 Å². The summed E-state index contributed by atoms with van der Waals surface area (Å²) in [5, 5.41) is 23.3. The highest BCUT2D eigenvalue weighted by molar-refractivity contribution is 9.10. The molecule has 1 fully saturated rings. The smallest absolute Gasteiger partial charge is 0.456 e. The van der Waals surface area contributed by atoms with E-state index < -0.39 is 60.6 Å². The molecule has 0 radical (unpaired) electrons. The van der Waals surface area contributed by atoms with Crippen molar-refractivity contribution < 1.29 is 37.0 Å². The van der Waals surface area contributed by atoms with E-state index in [4.69, 9.17) is 0 Å². The Hall–Kier alpha value is -1.68. The zero-order chi connectivity index (χ0) is 21.1. The van der Waals surface area contributed by atoms with Gasteiger partial charge in [0, 0.05) is 4.47 Å². The van der Waals surface area contributed by atoms with Crippen LogP contribution in [0, 0.1) is 6.92 Å². The maximum absolute atomic E-state index is 13.7. The van der Waals surface area contributed by atoms with E-state index in [2.05, 4.69) is 21.2 Å². The molecule has 0 saturated heterocycles. The number of carbonyl (C=O) groups is 1. The highest BCUT2D eigenvalue weighted by atomic mass is 79.9. The third-order valence-electron chi connectivity index (χ3n) is 5.61. The minimum atomic E-state index is -5.90. The van der Waals surface area contributed by atoms with Crippen molar-refractivity contribution in [3.05, 3.63) is 39.6 Å². The molecule has 0 unspecified atom stereocenters. The van der Waals surface area contributed by atoms with Crippen LogP contribution < -0.4 is 5.32 Å². The van der Waals surface area contributed by atoms with Crippen molar-refractivity contribution in [1.29, 1.82) is 0 Å². The van der Waals surface area contributed by atoms with Crippen molar-refractivity contribution in [1.82, 2.24) is 5.32 Å². The third kappa shape index (κ3) is 3.01. The molecule has 28 heavy (non-hydrogen) atoms. The minimum absolute atomic E-state index is 0.0492. The molecule has 0 atom stereocenters. The Bertz CT molecular complexity index is 857. The topological polar surface area (TPSA) is 69.6 Å². The molecular weight excluding hydrogens is 453 g/mol. The van der Waals surface area contributed by atoms with Gasteiger partial charge in [-0.1, -0.05) is 22.0 Å². The molecule has 1 aromatic carbocycles. The van der Waals surface area contributed by atoms with E-state index in [9.17, 15) is 37.0 Å². The van der Waals surface area contributed by atoms with E-state index in [0.29, 0.717) is 15.6 Å². The lowest BCUT2D eigenvalue weighted by Gasteiger charge is -2.45. The fourth-order valence-electron chi connectivity index (χ4n) is 3.83. The van der Waals surface area contributed by atoms with Gasteiger partial charge in [-0.2, -0.15) is 22.0 Å². The summed E-state index contributed by atoms with van der Waals surface area (Å²) in [7, 11) is 0. The summed E-state index contributed by atoms with van der Waals surface area (Å²) in [6.07, 6.45) is -8.68. The first-order valence-corrected chi connectivity index (χ1v) is 9.23. The lowest BCUT2D eigenvalue weighted by molar-refractivity contribution is -0.347. The summed E-state index contributed by atoms with van der Waals surface area (Å²) in [6.45, 7) is 1.71. The van der Waals surface area contributed by atoms with E-state index in [-0.39, 0.29) is 5.57 Å². The number of rotatable bonds is 2. The highest BCUT2D eigenvalue weighted by Crippen LogP contribution is 2.53. The van der Waals surface area contributed by atoms with Crippen LogP contribution in [0.3, 0.4) is 0 Å². The zero-order valence-corrected chi connectivity index (χ0v) is 16.2. The number of carbonyl (C=O) groups excluding carboxylic acids is 1. The fraction of sp³-hybridized carbons (Fsp3) is 0.500. The SMILES string of the molecule is Cc1ccc(Br)cc1C1=C(O)[C@]2(CC[C@@](O)(C(F)(F)C(F)(F)F)CC2)NC1=O. The first-order chi connectivity index (χ1) is 12.7. The van der Waals surface area contributed by atoms with Crippen LogP contribution in [0.1, 0.15) is 36.8 Å². The van der Waals surface area contributed by atoms with Crippen LogP contribution in [0.5, 0.6) is 0 Å². The minimum Gasteiger partial charge on any atom is -0.509 e. The Balaban J connectivity index is 1.95. The first kappa shape index (κ1) is 21.0. The summed E-state index contributed by atoms with van der Waals surface area (Å²) in [4.78, 5) is 12.5. The molecule has 0 bridgehead atoms. The molecule has 0 aromatic heterocycles. The van der Waals surface area contributed by atoms with Crippen LogP contribution in [0.4, 0.5) is 22.0 Å². The monoisotopic (exact) mass is 469 g/mol. The molecule has 1 aromatic rings. The fourth-order valence-corrected chi connectivity index (χ4v) is 4.19. The van der Waals surface area contributed by atoms with Crippen LogP contribution in [0.25, 0.3) is 5.57 Å². The molecule has 1 amide bonds. The standard InChI is InChI=1S/C18H17BrF5NO3/c1-9-2-3-10(19)8-11(9)12-13(26)15(25-14(12)27)4-6-16(28,7-5-15)17(20,21)18(22,23)24/h2-3,8,26,28H,4-7H2,1H3,(H,25,27)/t15-,16+. The summed E-state index contributed by atoms with van der Waals surface area (Å²) in [5.41, 5.74) is -3.73. The molecule has 154 valence electrons. The van der Waals surface area contributed by atoms with Gasteiger partial charge in [-0.05, 0) is 55.9 Å². The van der Waals surface area contributed by atoms with Crippen molar-refractivity contribution >= 4 is 27.4 Å². The average Bonchev–Trinajstić information content (AvgIpc) is 2.82. The van der Waals surface area contributed by atoms with Crippen molar-refractivity contribution in [2.45, 2.75) is 55.8 Å². The molecule has 1 spiro atoms. The lowest BCUT2D eigenvalue weighted by atomic mass is 9.70. The van der Waals surface area contributed by atoms with Crippen molar-refractivity contribution in [2.24, 2.45) is 0 Å². The van der Waals surface area contributed by atoms with E-state index in [1.54, 1.807) is 25.1 Å². The van der Waals surface area contributed by atoms with Crippen molar-refractivity contribution in [2.75, 3.05) is 0 Å². The Kier molecular flexibility index (Phi) is 4.82. The number of benzene rings is 1. The summed E-state index contributed by atoms with van der Waals surface area (Å²) in [6, 6.07) is 5.05. The number of amides is 1. The number of aryl methyl sites for hydroxylation is 1. The van der Waals surface area contributed by atoms with Crippen LogP contribution in [-0.2, 0) is 4.79 Å². The number of halogens is 6. The van der Waals surface area contributed by atoms with Crippen LogP contribution >= 0.6 is 15.9 Å². The van der Waals surface area contributed by atoms with Gasteiger partial charge < -0.3 is 15.5 Å². The summed E-state index contributed by atoms with van der Waals surface area (Å²) >= 11 is 3.27. The molecule has 1 heterocycles. The maximum atomic E-state index is 13.7. The molecule has 4 nitrogen and oxygen atoms in total. The molecular formula is C18H17BrF5NO3. The summed E-state index contributed by atoms with van der Waals surface area (Å²) in [5.74, 6) is -6.35. The van der Waals surface area contributed by atoms with Gasteiger partial charge in [-0.25, -0.2) is 0 Å².